The first kappa shape index (κ1) is 43.8. The summed E-state index contributed by atoms with van der Waals surface area (Å²) in [7, 11) is 0. The van der Waals surface area contributed by atoms with E-state index in [4.69, 9.17) is 4.42 Å². The van der Waals surface area contributed by atoms with Gasteiger partial charge in [0.1, 0.15) is 11.2 Å². The quantitative estimate of drug-likeness (QED) is 0.143. The minimum absolute atomic E-state index is 0.503. The summed E-state index contributed by atoms with van der Waals surface area (Å²) in [6.07, 6.45) is 0. The van der Waals surface area contributed by atoms with Gasteiger partial charge in [-0.05, 0) is 131 Å². The fourth-order valence-corrected chi connectivity index (χ4v) is 13.4. The number of para-hydroxylation sites is 1. The van der Waals surface area contributed by atoms with Gasteiger partial charge in [-0.25, -0.2) is 0 Å². The van der Waals surface area contributed by atoms with Crippen molar-refractivity contribution in [3.63, 3.8) is 0 Å². The summed E-state index contributed by atoms with van der Waals surface area (Å²) in [6, 6.07) is 109. The highest BCUT2D eigenvalue weighted by atomic mass is 16.3. The van der Waals surface area contributed by atoms with Crippen LogP contribution < -0.4 is 4.90 Å². The van der Waals surface area contributed by atoms with E-state index in [1.54, 1.807) is 0 Å². The summed E-state index contributed by atoms with van der Waals surface area (Å²) in [5.41, 5.74) is 23.7. The smallest absolute Gasteiger partial charge is 0.137 e. The second kappa shape index (κ2) is 17.4. The van der Waals surface area contributed by atoms with Crippen molar-refractivity contribution in [2.45, 2.75) is 10.8 Å². The maximum Gasteiger partial charge on any atom is 0.137 e. The molecular weight excluding hydrogens is 919 g/mol. The number of furan rings is 1. The predicted molar refractivity (Wildman–Crippen MR) is 314 cm³/mol. The second-order valence-electron chi connectivity index (χ2n) is 20.2. The van der Waals surface area contributed by atoms with E-state index in [1.165, 1.54) is 77.9 Å². The van der Waals surface area contributed by atoms with Crippen LogP contribution in [0.2, 0.25) is 0 Å². The maximum absolute atomic E-state index is 6.63. The van der Waals surface area contributed by atoms with E-state index in [0.29, 0.717) is 0 Å². The highest BCUT2D eigenvalue weighted by molar-refractivity contribution is 6.06. The largest absolute Gasteiger partial charge is 0.456 e. The normalized spacial score (nSPS) is 13.5. The first-order valence-electron chi connectivity index (χ1n) is 26.3. The van der Waals surface area contributed by atoms with Gasteiger partial charge in [-0.3, -0.25) is 0 Å². The third kappa shape index (κ3) is 6.41. The van der Waals surface area contributed by atoms with Gasteiger partial charge in [0.15, 0.2) is 0 Å². The molecule has 0 aliphatic heterocycles. The van der Waals surface area contributed by atoms with Gasteiger partial charge in [-0.2, -0.15) is 0 Å². The van der Waals surface area contributed by atoms with E-state index >= 15 is 0 Å². The fraction of sp³-hybridized carbons (Fsp3) is 0.0270. The summed E-state index contributed by atoms with van der Waals surface area (Å²) in [5.74, 6) is 0. The molecule has 0 saturated carbocycles. The zero-order chi connectivity index (χ0) is 50.2. The minimum atomic E-state index is -0.503. The Morgan fingerprint density at radius 3 is 1.11 bits per heavy atom. The average Bonchev–Trinajstić information content (AvgIpc) is 4.32. The van der Waals surface area contributed by atoms with Crippen molar-refractivity contribution in [3.05, 3.63) is 342 Å². The Morgan fingerprint density at radius 2 is 0.618 bits per heavy atom. The van der Waals surface area contributed by atoms with Crippen molar-refractivity contribution in [2.24, 2.45) is 0 Å². The molecule has 2 nitrogen and oxygen atoms in total. The molecule has 0 unspecified atom stereocenters. The molecule has 0 fully saturated rings. The van der Waals surface area contributed by atoms with Crippen molar-refractivity contribution in [1.29, 1.82) is 0 Å². The molecule has 0 radical (unpaired) electrons. The first-order valence-corrected chi connectivity index (χ1v) is 26.3. The molecule has 0 spiro atoms. The van der Waals surface area contributed by atoms with Gasteiger partial charge in [-0.1, -0.05) is 249 Å². The van der Waals surface area contributed by atoms with Crippen LogP contribution in [-0.4, -0.2) is 0 Å². The van der Waals surface area contributed by atoms with Gasteiger partial charge < -0.3 is 9.32 Å². The molecule has 13 aromatic rings. The third-order valence-corrected chi connectivity index (χ3v) is 16.4. The summed E-state index contributed by atoms with van der Waals surface area (Å²) in [4.78, 5) is 2.41. The van der Waals surface area contributed by atoms with Crippen molar-refractivity contribution >= 4 is 39.0 Å². The third-order valence-electron chi connectivity index (χ3n) is 16.4. The predicted octanol–water partition coefficient (Wildman–Crippen LogP) is 19.1. The Bertz CT molecular complexity index is 4040. The Kier molecular flexibility index (Phi) is 10.0. The van der Waals surface area contributed by atoms with Crippen LogP contribution in [0.25, 0.3) is 66.4 Å². The monoisotopic (exact) mass is 967 g/mol. The SMILES string of the molecule is c1ccc(C2(c3ccccc3)c3ccccc3-c3c(-c4cccc(N(c5cccc(-c6cccc7c6-c6ccccc6C7(c6ccccc6)c6ccccc6)c5)c5ccc6c(c5)oc5ccccc56)c4)cccc32)cc1. The van der Waals surface area contributed by atoms with Crippen molar-refractivity contribution in [3.8, 4) is 44.5 Å². The average molecular weight is 968 g/mol. The molecule has 0 bridgehead atoms. The van der Waals surface area contributed by atoms with E-state index in [0.717, 1.165) is 50.1 Å². The van der Waals surface area contributed by atoms with E-state index in [2.05, 4.69) is 296 Å². The van der Waals surface area contributed by atoms with Crippen LogP contribution >= 0.6 is 0 Å². The lowest BCUT2D eigenvalue weighted by molar-refractivity contribution is 0.669. The topological polar surface area (TPSA) is 16.4 Å². The van der Waals surface area contributed by atoms with Crippen LogP contribution in [0.15, 0.2) is 302 Å². The molecule has 0 N–H and O–H groups in total. The van der Waals surface area contributed by atoms with Crippen molar-refractivity contribution in [1.82, 2.24) is 0 Å². The number of anilines is 3. The molecule has 0 atom stereocenters. The van der Waals surface area contributed by atoms with E-state index in [9.17, 15) is 0 Å². The van der Waals surface area contributed by atoms with Crippen LogP contribution in [-0.2, 0) is 10.8 Å². The first-order chi connectivity index (χ1) is 37.7. The van der Waals surface area contributed by atoms with Crippen LogP contribution in [0.4, 0.5) is 17.1 Å². The fourth-order valence-electron chi connectivity index (χ4n) is 13.4. The zero-order valence-electron chi connectivity index (χ0n) is 41.6. The molecule has 2 heteroatoms. The number of rotatable bonds is 9. The summed E-state index contributed by atoms with van der Waals surface area (Å²) in [5, 5.41) is 2.21. The van der Waals surface area contributed by atoms with Crippen LogP contribution in [0.3, 0.4) is 0 Å². The zero-order valence-corrected chi connectivity index (χ0v) is 41.6. The van der Waals surface area contributed by atoms with Gasteiger partial charge >= 0.3 is 0 Å². The highest BCUT2D eigenvalue weighted by Crippen LogP contribution is 2.60. The second-order valence-corrected chi connectivity index (χ2v) is 20.2. The lowest BCUT2D eigenvalue weighted by Crippen LogP contribution is -2.28. The molecule has 1 heterocycles. The number of benzene rings is 12. The molecule has 0 saturated heterocycles. The minimum Gasteiger partial charge on any atom is -0.456 e. The van der Waals surface area contributed by atoms with Crippen LogP contribution in [0.5, 0.6) is 0 Å². The van der Waals surface area contributed by atoms with Crippen LogP contribution in [0, 0.1) is 0 Å². The molecule has 2 aliphatic carbocycles. The summed E-state index contributed by atoms with van der Waals surface area (Å²) < 4.78 is 6.63. The molecular formula is C74H49NO. The van der Waals surface area contributed by atoms with Crippen LogP contribution in [0.1, 0.15) is 44.5 Å². The maximum atomic E-state index is 6.63. The van der Waals surface area contributed by atoms with Gasteiger partial charge in [0.05, 0.1) is 10.8 Å². The Hall–Kier alpha value is -9.76. The van der Waals surface area contributed by atoms with Crippen molar-refractivity contribution < 1.29 is 4.42 Å². The standard InChI is InChI=1S/C74H49NO/c1-5-25-52(26-6-1)73(53-27-7-2-8-28-53)65-40-16-13-36-63(65)71-59(38-21-42-67(71)73)50-23-19-33-56(47-50)75(58-45-46-62-61-35-15-18-44-69(61)76-70(62)49-58)57-34-20-24-51(48-57)60-39-22-43-68-72(60)64-37-14-17-41-66(64)74(68,54-29-9-3-10-30-54)55-31-11-4-12-32-55/h1-49H. The van der Waals surface area contributed by atoms with Gasteiger partial charge in [0, 0.05) is 33.9 Å². The molecule has 15 rings (SSSR count). The summed E-state index contributed by atoms with van der Waals surface area (Å²) in [6.45, 7) is 0. The molecule has 0 amide bonds. The van der Waals surface area contributed by atoms with E-state index in [-0.39, 0.29) is 0 Å². The number of fused-ring (bicyclic) bond motifs is 9. The number of nitrogens with zero attached hydrogens (tertiary/aromatic N) is 1. The molecule has 12 aromatic carbocycles. The van der Waals surface area contributed by atoms with E-state index in [1.807, 2.05) is 6.07 Å². The number of hydrogen-bond donors (Lipinski definition) is 0. The van der Waals surface area contributed by atoms with Gasteiger partial charge in [-0.15, -0.1) is 0 Å². The molecule has 2 aliphatic rings. The van der Waals surface area contributed by atoms with Gasteiger partial charge in [0.25, 0.3) is 0 Å². The molecule has 1 aromatic heterocycles. The lowest BCUT2D eigenvalue weighted by Gasteiger charge is -2.34. The highest BCUT2D eigenvalue weighted by Gasteiger charge is 2.48. The Balaban J connectivity index is 0.932. The summed E-state index contributed by atoms with van der Waals surface area (Å²) >= 11 is 0. The Morgan fingerprint density at radius 1 is 0.250 bits per heavy atom. The molecule has 356 valence electrons. The van der Waals surface area contributed by atoms with E-state index < -0.39 is 10.8 Å². The number of hydrogen-bond acceptors (Lipinski definition) is 2. The van der Waals surface area contributed by atoms with Gasteiger partial charge in [0.2, 0.25) is 0 Å². The Labute approximate surface area is 443 Å². The molecule has 76 heavy (non-hydrogen) atoms. The lowest BCUT2D eigenvalue weighted by atomic mass is 9.67. The van der Waals surface area contributed by atoms with Crippen molar-refractivity contribution in [2.75, 3.05) is 4.90 Å².